The molecule has 1 aliphatic rings. The summed E-state index contributed by atoms with van der Waals surface area (Å²) < 4.78 is 5.37. The lowest BCUT2D eigenvalue weighted by atomic mass is 10.1. The van der Waals surface area contributed by atoms with E-state index in [-0.39, 0.29) is 18.6 Å². The highest BCUT2D eigenvalue weighted by molar-refractivity contribution is 6.43. The molecule has 7 heteroatoms. The quantitative estimate of drug-likeness (QED) is 0.831. The number of hydrogen-bond donors (Lipinski definition) is 2. The number of carbonyl (C=O) groups is 1. The van der Waals surface area contributed by atoms with Gasteiger partial charge in [0.05, 0.1) is 15.1 Å². The van der Waals surface area contributed by atoms with E-state index < -0.39 is 0 Å². The molecule has 0 spiro atoms. The van der Waals surface area contributed by atoms with Crippen LogP contribution in [0.2, 0.25) is 15.1 Å². The van der Waals surface area contributed by atoms with E-state index in [1.165, 1.54) is 12.1 Å². The van der Waals surface area contributed by atoms with Gasteiger partial charge in [-0.3, -0.25) is 4.79 Å². The third kappa shape index (κ3) is 4.42. The minimum Gasteiger partial charge on any atom is -0.482 e. The van der Waals surface area contributed by atoms with Gasteiger partial charge in [-0.2, -0.15) is 0 Å². The minimum absolute atomic E-state index is 0.0956. The summed E-state index contributed by atoms with van der Waals surface area (Å²) in [5, 5.41) is 7.18. The first-order valence-electron chi connectivity index (χ1n) is 6.33. The second-order valence-corrected chi connectivity index (χ2v) is 5.80. The van der Waals surface area contributed by atoms with E-state index in [0.29, 0.717) is 20.8 Å². The summed E-state index contributed by atoms with van der Waals surface area (Å²) in [6.45, 7) is 1.75. The van der Waals surface area contributed by atoms with E-state index in [0.717, 1.165) is 25.9 Å². The Balaban J connectivity index is 1.85. The molecular weight excluding hydrogens is 323 g/mol. The van der Waals surface area contributed by atoms with Gasteiger partial charge in [0.25, 0.3) is 5.91 Å². The van der Waals surface area contributed by atoms with Gasteiger partial charge in [0, 0.05) is 12.1 Å². The van der Waals surface area contributed by atoms with E-state index in [1.807, 2.05) is 0 Å². The summed E-state index contributed by atoms with van der Waals surface area (Å²) in [6.07, 6.45) is 1.86. The molecule has 1 saturated heterocycles. The van der Waals surface area contributed by atoms with Crippen LogP contribution in [0.1, 0.15) is 12.8 Å². The van der Waals surface area contributed by atoms with Crippen LogP contribution in [0.5, 0.6) is 5.75 Å². The Bertz CT molecular complexity index is 491. The Hall–Kier alpha value is -0.680. The van der Waals surface area contributed by atoms with Crippen molar-refractivity contribution in [2.45, 2.75) is 18.9 Å². The van der Waals surface area contributed by atoms with Crippen LogP contribution in [0, 0.1) is 0 Å². The number of piperidine rings is 1. The molecule has 2 N–H and O–H groups in total. The Morgan fingerprint density at radius 2 is 1.85 bits per heavy atom. The SMILES string of the molecule is O=C(COc1cc(Cl)c(Cl)cc1Cl)NC1CCNCC1. The first-order chi connectivity index (χ1) is 9.56. The maximum absolute atomic E-state index is 11.8. The largest absolute Gasteiger partial charge is 0.482 e. The van der Waals surface area contributed by atoms with Gasteiger partial charge >= 0.3 is 0 Å². The number of amides is 1. The topological polar surface area (TPSA) is 50.4 Å². The summed E-state index contributed by atoms with van der Waals surface area (Å²) in [5.74, 6) is 0.181. The van der Waals surface area contributed by atoms with Crippen LogP contribution in [0.15, 0.2) is 12.1 Å². The lowest BCUT2D eigenvalue weighted by molar-refractivity contribution is -0.123. The second kappa shape index (κ2) is 7.36. The van der Waals surface area contributed by atoms with E-state index in [4.69, 9.17) is 39.5 Å². The number of nitrogens with one attached hydrogen (secondary N) is 2. The molecule has 0 aromatic heterocycles. The van der Waals surface area contributed by atoms with E-state index >= 15 is 0 Å². The Morgan fingerprint density at radius 1 is 1.20 bits per heavy atom. The third-order valence-electron chi connectivity index (χ3n) is 3.04. The van der Waals surface area contributed by atoms with Crippen molar-refractivity contribution in [3.63, 3.8) is 0 Å². The zero-order valence-electron chi connectivity index (χ0n) is 10.7. The fourth-order valence-corrected chi connectivity index (χ4v) is 2.59. The summed E-state index contributed by atoms with van der Waals surface area (Å²) in [4.78, 5) is 11.8. The van der Waals surface area contributed by atoms with Crippen LogP contribution in [0.3, 0.4) is 0 Å². The van der Waals surface area contributed by atoms with Gasteiger partial charge in [-0.15, -0.1) is 0 Å². The number of rotatable bonds is 4. The van der Waals surface area contributed by atoms with E-state index in [2.05, 4.69) is 10.6 Å². The van der Waals surface area contributed by atoms with Gasteiger partial charge in [0.15, 0.2) is 6.61 Å². The Kier molecular flexibility index (Phi) is 5.78. The maximum Gasteiger partial charge on any atom is 0.258 e. The van der Waals surface area contributed by atoms with Crippen molar-refractivity contribution in [3.8, 4) is 5.75 Å². The van der Waals surface area contributed by atoms with Crippen LogP contribution < -0.4 is 15.4 Å². The molecule has 110 valence electrons. The monoisotopic (exact) mass is 336 g/mol. The molecule has 0 aliphatic carbocycles. The molecule has 0 atom stereocenters. The molecule has 4 nitrogen and oxygen atoms in total. The molecule has 0 radical (unpaired) electrons. The van der Waals surface area contributed by atoms with Crippen molar-refractivity contribution < 1.29 is 9.53 Å². The van der Waals surface area contributed by atoms with Crippen molar-refractivity contribution in [1.82, 2.24) is 10.6 Å². The fraction of sp³-hybridized carbons (Fsp3) is 0.462. The summed E-state index contributed by atoms with van der Waals surface area (Å²) in [5.41, 5.74) is 0. The maximum atomic E-state index is 11.8. The smallest absolute Gasteiger partial charge is 0.258 e. The van der Waals surface area contributed by atoms with E-state index in [1.54, 1.807) is 0 Å². The van der Waals surface area contributed by atoms with Crippen molar-refractivity contribution in [1.29, 1.82) is 0 Å². The molecule has 1 aromatic carbocycles. The van der Waals surface area contributed by atoms with Crippen LogP contribution in [-0.2, 0) is 4.79 Å². The molecule has 1 aromatic rings. The van der Waals surface area contributed by atoms with Gasteiger partial charge in [-0.05, 0) is 32.0 Å². The molecule has 1 aliphatic heterocycles. The van der Waals surface area contributed by atoms with Gasteiger partial charge in [0.1, 0.15) is 5.75 Å². The third-order valence-corrected chi connectivity index (χ3v) is 4.06. The van der Waals surface area contributed by atoms with Gasteiger partial charge in [-0.25, -0.2) is 0 Å². The Morgan fingerprint density at radius 3 is 2.55 bits per heavy atom. The van der Waals surface area contributed by atoms with Gasteiger partial charge in [0.2, 0.25) is 0 Å². The van der Waals surface area contributed by atoms with Gasteiger partial charge < -0.3 is 15.4 Å². The number of hydrogen-bond acceptors (Lipinski definition) is 3. The predicted octanol–water partition coefficient (Wildman–Crippen LogP) is 2.89. The standard InChI is InChI=1S/C13H15Cl3N2O2/c14-9-5-11(16)12(6-10(9)15)20-7-13(19)18-8-1-3-17-4-2-8/h5-6,8,17H,1-4,7H2,(H,18,19). The predicted molar refractivity (Wildman–Crippen MR) is 81.0 cm³/mol. The number of ether oxygens (including phenoxy) is 1. The van der Waals surface area contributed by atoms with Crippen molar-refractivity contribution in [2.24, 2.45) is 0 Å². The molecule has 2 rings (SSSR count). The summed E-state index contributed by atoms with van der Waals surface area (Å²) in [7, 11) is 0. The molecule has 20 heavy (non-hydrogen) atoms. The first-order valence-corrected chi connectivity index (χ1v) is 7.47. The lowest BCUT2D eigenvalue weighted by Crippen LogP contribution is -2.44. The van der Waals surface area contributed by atoms with Crippen LogP contribution in [0.25, 0.3) is 0 Å². The molecule has 0 unspecified atom stereocenters. The first kappa shape index (κ1) is 15.7. The van der Waals surface area contributed by atoms with Crippen molar-refractivity contribution in [3.05, 3.63) is 27.2 Å². The molecule has 0 bridgehead atoms. The van der Waals surface area contributed by atoms with Crippen LogP contribution >= 0.6 is 34.8 Å². The zero-order valence-corrected chi connectivity index (χ0v) is 13.0. The molecule has 1 fully saturated rings. The normalized spacial score (nSPS) is 15.9. The minimum atomic E-state index is -0.168. The highest BCUT2D eigenvalue weighted by Crippen LogP contribution is 2.33. The molecule has 1 heterocycles. The number of carbonyl (C=O) groups excluding carboxylic acids is 1. The molecular formula is C13H15Cl3N2O2. The van der Waals surface area contributed by atoms with E-state index in [9.17, 15) is 4.79 Å². The average molecular weight is 338 g/mol. The second-order valence-electron chi connectivity index (χ2n) is 4.58. The highest BCUT2D eigenvalue weighted by Gasteiger charge is 2.16. The fourth-order valence-electron chi connectivity index (χ4n) is 1.99. The average Bonchev–Trinajstić information content (AvgIpc) is 2.42. The number of halogens is 3. The van der Waals surface area contributed by atoms with Crippen molar-refractivity contribution in [2.75, 3.05) is 19.7 Å². The molecule has 1 amide bonds. The van der Waals surface area contributed by atoms with Gasteiger partial charge in [-0.1, -0.05) is 34.8 Å². The van der Waals surface area contributed by atoms with Crippen molar-refractivity contribution >= 4 is 40.7 Å². The van der Waals surface area contributed by atoms with Crippen LogP contribution in [0.4, 0.5) is 0 Å². The number of benzene rings is 1. The van der Waals surface area contributed by atoms with Crippen LogP contribution in [-0.4, -0.2) is 31.6 Å². The summed E-state index contributed by atoms with van der Waals surface area (Å²) in [6, 6.07) is 3.20. The summed E-state index contributed by atoms with van der Waals surface area (Å²) >= 11 is 17.7. The lowest BCUT2D eigenvalue weighted by Gasteiger charge is -2.23. The zero-order chi connectivity index (χ0) is 14.5. The highest BCUT2D eigenvalue weighted by atomic mass is 35.5. The Labute approximate surface area is 132 Å². The molecule has 0 saturated carbocycles.